The number of likely N-dealkylation sites (tertiary alicyclic amines) is 1. The highest BCUT2D eigenvalue weighted by molar-refractivity contribution is 7.10. The number of hydrogen-bond donors (Lipinski definition) is 3. The quantitative estimate of drug-likeness (QED) is 0.586. The Morgan fingerprint density at radius 3 is 2.90 bits per heavy atom. The summed E-state index contributed by atoms with van der Waals surface area (Å²) in [6.45, 7) is 1.43. The predicted octanol–water partition coefficient (Wildman–Crippen LogP) is 2.65. The molecule has 0 spiro atoms. The fraction of sp³-hybridized carbons (Fsp3) is 0.421. The Balaban J connectivity index is 1.22. The molecule has 5 rings (SSSR count). The molecule has 3 atom stereocenters. The molecular formula is C19H20N8O2S. The zero-order valence-corrected chi connectivity index (χ0v) is 17.1. The number of anilines is 2. The molecule has 2 aliphatic rings. The molecule has 1 aliphatic heterocycles. The molecule has 0 aromatic carbocycles. The maximum atomic E-state index is 12.6. The van der Waals surface area contributed by atoms with Gasteiger partial charge in [0.15, 0.2) is 0 Å². The second-order valence-electron chi connectivity index (χ2n) is 7.65. The molecule has 0 bridgehead atoms. The van der Waals surface area contributed by atoms with Crippen molar-refractivity contribution in [3.05, 3.63) is 24.0 Å². The third kappa shape index (κ3) is 3.29. The molecule has 1 saturated carbocycles. The highest BCUT2D eigenvalue weighted by Gasteiger charge is 2.42. The van der Waals surface area contributed by atoms with Crippen LogP contribution >= 0.6 is 11.5 Å². The van der Waals surface area contributed by atoms with Gasteiger partial charge in [-0.3, -0.25) is 5.32 Å². The summed E-state index contributed by atoms with van der Waals surface area (Å²) in [5.41, 5.74) is 2.16. The van der Waals surface area contributed by atoms with Crippen LogP contribution in [0.15, 0.2) is 18.5 Å². The van der Waals surface area contributed by atoms with E-state index < -0.39 is 0 Å². The average Bonchev–Trinajstić information content (AvgIpc) is 3.51. The molecule has 3 aromatic heterocycles. The van der Waals surface area contributed by atoms with Crippen molar-refractivity contribution in [1.82, 2.24) is 24.2 Å². The highest BCUT2D eigenvalue weighted by atomic mass is 32.1. The van der Waals surface area contributed by atoms with Crippen LogP contribution in [0.25, 0.3) is 11.0 Å². The van der Waals surface area contributed by atoms with E-state index in [-0.39, 0.29) is 18.1 Å². The topological polar surface area (TPSA) is 132 Å². The number of fused-ring (bicyclic) bond motifs is 2. The van der Waals surface area contributed by atoms with E-state index in [9.17, 15) is 10.1 Å². The minimum Gasteiger partial charge on any atom is -0.466 e. The molecule has 30 heavy (non-hydrogen) atoms. The predicted molar refractivity (Wildman–Crippen MR) is 111 cm³/mol. The van der Waals surface area contributed by atoms with Gasteiger partial charge in [0.05, 0.1) is 18.4 Å². The summed E-state index contributed by atoms with van der Waals surface area (Å²) in [5, 5.41) is 17.2. The maximum Gasteiger partial charge on any atom is 0.329 e. The molecule has 154 valence electrons. The Bertz CT molecular complexity index is 1120. The zero-order valence-electron chi connectivity index (χ0n) is 16.3. The molecule has 3 N–H and O–H groups in total. The van der Waals surface area contributed by atoms with Crippen LogP contribution in [-0.2, 0) is 0 Å². The van der Waals surface area contributed by atoms with Crippen LogP contribution in [0.5, 0.6) is 6.01 Å². The summed E-state index contributed by atoms with van der Waals surface area (Å²) in [6.07, 6.45) is 5.35. The van der Waals surface area contributed by atoms with Crippen molar-refractivity contribution in [3.8, 4) is 12.1 Å². The van der Waals surface area contributed by atoms with Crippen LogP contribution in [0.2, 0.25) is 0 Å². The lowest BCUT2D eigenvalue weighted by atomic mass is 10.0. The van der Waals surface area contributed by atoms with E-state index in [1.807, 2.05) is 17.2 Å². The lowest BCUT2D eigenvalue weighted by molar-refractivity contribution is 0.218. The van der Waals surface area contributed by atoms with E-state index in [1.54, 1.807) is 6.20 Å². The largest absolute Gasteiger partial charge is 0.466 e. The van der Waals surface area contributed by atoms with E-state index in [0.717, 1.165) is 41.1 Å². The monoisotopic (exact) mass is 424 g/mol. The minimum absolute atomic E-state index is 0.150. The van der Waals surface area contributed by atoms with E-state index in [0.29, 0.717) is 35.6 Å². The first-order valence-electron chi connectivity index (χ1n) is 9.71. The molecule has 10 nitrogen and oxygen atoms in total. The Kier molecular flexibility index (Phi) is 4.63. The molecule has 11 heteroatoms. The number of carbonyl (C=O) groups is 1. The SMILES string of the molecule is COc1nsc(NC(=O)N2C[C@H]3C[C@H](Nc4c(C#N)cnc5[nH]ccc45)C[C@H]3C2)n1. The third-order valence-corrected chi connectivity index (χ3v) is 6.51. The maximum absolute atomic E-state index is 12.6. The number of aromatic amines is 1. The van der Waals surface area contributed by atoms with Crippen LogP contribution < -0.4 is 15.4 Å². The van der Waals surface area contributed by atoms with Crippen LogP contribution in [-0.4, -0.2) is 56.5 Å². The fourth-order valence-electron chi connectivity index (χ4n) is 4.55. The average molecular weight is 424 g/mol. The number of carbonyl (C=O) groups excluding carboxylic acids is 1. The first-order valence-corrected chi connectivity index (χ1v) is 10.5. The lowest BCUT2D eigenvalue weighted by Gasteiger charge is -2.21. The lowest BCUT2D eigenvalue weighted by Crippen LogP contribution is -2.34. The van der Waals surface area contributed by atoms with Gasteiger partial charge in [0.25, 0.3) is 0 Å². The molecular weight excluding hydrogens is 404 g/mol. The summed E-state index contributed by atoms with van der Waals surface area (Å²) in [6, 6.07) is 4.55. The van der Waals surface area contributed by atoms with Crippen LogP contribution in [0.4, 0.5) is 15.6 Å². The summed E-state index contributed by atoms with van der Waals surface area (Å²) in [7, 11) is 1.49. The van der Waals surface area contributed by atoms with Gasteiger partial charge in [0.2, 0.25) is 5.13 Å². The molecule has 2 amide bonds. The van der Waals surface area contributed by atoms with Gasteiger partial charge in [0, 0.05) is 48.4 Å². The number of rotatable bonds is 4. The van der Waals surface area contributed by atoms with Gasteiger partial charge in [0.1, 0.15) is 11.7 Å². The molecule has 0 radical (unpaired) electrons. The molecule has 4 heterocycles. The number of methoxy groups -OCH3 is 1. The number of ether oxygens (including phenoxy) is 1. The van der Waals surface area contributed by atoms with Crippen molar-refractivity contribution in [2.24, 2.45) is 11.8 Å². The number of pyridine rings is 1. The number of urea groups is 1. The number of H-pyrrole nitrogens is 1. The van der Waals surface area contributed by atoms with E-state index >= 15 is 0 Å². The first kappa shape index (κ1) is 18.6. The number of aromatic nitrogens is 4. The van der Waals surface area contributed by atoms with E-state index in [2.05, 4.69) is 36.0 Å². The molecule has 0 unspecified atom stereocenters. The number of nitriles is 1. The fourth-order valence-corrected chi connectivity index (χ4v) is 5.08. The van der Waals surface area contributed by atoms with Crippen molar-refractivity contribution < 1.29 is 9.53 Å². The molecule has 1 aliphatic carbocycles. The zero-order chi connectivity index (χ0) is 20.7. The summed E-state index contributed by atoms with van der Waals surface area (Å²) < 4.78 is 8.94. The van der Waals surface area contributed by atoms with Gasteiger partial charge >= 0.3 is 12.0 Å². The molecule has 2 fully saturated rings. The number of nitrogens with one attached hydrogen (secondary N) is 3. The summed E-state index contributed by atoms with van der Waals surface area (Å²) >= 11 is 1.10. The van der Waals surface area contributed by atoms with Crippen molar-refractivity contribution in [2.45, 2.75) is 18.9 Å². The number of hydrogen-bond acceptors (Lipinski definition) is 8. The van der Waals surface area contributed by atoms with E-state index in [1.165, 1.54) is 7.11 Å². The van der Waals surface area contributed by atoms with Crippen molar-refractivity contribution in [1.29, 1.82) is 5.26 Å². The molecule has 1 saturated heterocycles. The van der Waals surface area contributed by atoms with Gasteiger partial charge in [-0.15, -0.1) is 4.37 Å². The smallest absolute Gasteiger partial charge is 0.329 e. The molecule has 3 aromatic rings. The number of nitrogens with zero attached hydrogens (tertiary/aromatic N) is 5. The van der Waals surface area contributed by atoms with Gasteiger partial charge in [-0.05, 0) is 30.7 Å². The Labute approximate surface area is 176 Å². The van der Waals surface area contributed by atoms with Crippen LogP contribution in [0, 0.1) is 23.2 Å². The van der Waals surface area contributed by atoms with Gasteiger partial charge < -0.3 is 19.9 Å². The second-order valence-corrected chi connectivity index (χ2v) is 8.40. The summed E-state index contributed by atoms with van der Waals surface area (Å²) in [5.74, 6) is 0.873. The standard InChI is InChI=1S/C19H20N8O2S/c1-29-17-24-18(30-26-17)25-19(28)27-8-10-4-13(5-11(10)9-27)23-15-12(6-20)7-22-16-14(15)2-3-21-16/h2-3,7,10-11,13H,4-5,8-9H2,1H3,(H2,21,22,23)(H,24,25,26,28)/t10-,11+,13+. The van der Waals surface area contributed by atoms with Crippen molar-refractivity contribution >= 4 is 39.4 Å². The van der Waals surface area contributed by atoms with Crippen molar-refractivity contribution in [3.63, 3.8) is 0 Å². The van der Waals surface area contributed by atoms with Gasteiger partial charge in [-0.2, -0.15) is 10.2 Å². The third-order valence-electron chi connectivity index (χ3n) is 5.90. The number of amides is 2. The second kappa shape index (κ2) is 7.46. The Morgan fingerprint density at radius 2 is 2.20 bits per heavy atom. The van der Waals surface area contributed by atoms with Crippen LogP contribution in [0.3, 0.4) is 0 Å². The van der Waals surface area contributed by atoms with Crippen molar-refractivity contribution in [2.75, 3.05) is 30.8 Å². The first-order chi connectivity index (χ1) is 14.6. The Hall–Kier alpha value is -3.39. The van der Waals surface area contributed by atoms with Crippen LogP contribution in [0.1, 0.15) is 18.4 Å². The highest BCUT2D eigenvalue weighted by Crippen LogP contribution is 2.40. The van der Waals surface area contributed by atoms with Gasteiger partial charge in [-0.1, -0.05) is 0 Å². The Morgan fingerprint density at radius 1 is 1.40 bits per heavy atom. The summed E-state index contributed by atoms with van der Waals surface area (Å²) in [4.78, 5) is 25.9. The minimum atomic E-state index is -0.150. The van der Waals surface area contributed by atoms with E-state index in [4.69, 9.17) is 4.74 Å². The van der Waals surface area contributed by atoms with Gasteiger partial charge in [-0.25, -0.2) is 9.78 Å². The normalized spacial score (nSPS) is 22.7.